The average molecular weight is 523 g/mol. The van der Waals surface area contributed by atoms with E-state index in [-0.39, 0.29) is 5.91 Å². The maximum Gasteiger partial charge on any atom is 0.255 e. The Balaban J connectivity index is 1.45. The molecule has 1 aliphatic heterocycles. The van der Waals surface area contributed by atoms with E-state index in [1.165, 1.54) is 0 Å². The van der Waals surface area contributed by atoms with Crippen molar-refractivity contribution in [2.75, 3.05) is 31.1 Å². The fourth-order valence-electron chi connectivity index (χ4n) is 4.43. The molecule has 1 aliphatic rings. The first-order valence-corrected chi connectivity index (χ1v) is 13.0. The molecule has 7 nitrogen and oxygen atoms in total. The predicted octanol–water partition coefficient (Wildman–Crippen LogP) is 5.67. The topological polar surface area (TPSA) is 67.2 Å². The maximum absolute atomic E-state index is 13.0. The van der Waals surface area contributed by atoms with Gasteiger partial charge in [-0.1, -0.05) is 55.2 Å². The van der Waals surface area contributed by atoms with E-state index >= 15 is 0 Å². The van der Waals surface area contributed by atoms with Crippen LogP contribution in [0.25, 0.3) is 16.7 Å². The molecule has 3 heterocycles. The highest BCUT2D eigenvalue weighted by Gasteiger charge is 2.26. The van der Waals surface area contributed by atoms with Gasteiger partial charge in [-0.15, -0.1) is 0 Å². The second-order valence-electron chi connectivity index (χ2n) is 9.43. The van der Waals surface area contributed by atoms with Crippen molar-refractivity contribution in [3.63, 3.8) is 0 Å². The molecule has 2 aromatic carbocycles. The van der Waals surface area contributed by atoms with Gasteiger partial charge in [0.15, 0.2) is 5.65 Å². The lowest BCUT2D eigenvalue weighted by Crippen LogP contribution is -2.49. The number of aromatic nitrogens is 4. The van der Waals surface area contributed by atoms with E-state index in [9.17, 15) is 4.79 Å². The van der Waals surface area contributed by atoms with Crippen LogP contribution in [0.4, 0.5) is 5.82 Å². The van der Waals surface area contributed by atoms with Crippen LogP contribution in [0.1, 0.15) is 36.5 Å². The van der Waals surface area contributed by atoms with Gasteiger partial charge in [0.05, 0.1) is 27.9 Å². The van der Waals surface area contributed by atoms with Gasteiger partial charge in [-0.2, -0.15) is 5.10 Å². The minimum Gasteiger partial charge on any atom is -0.352 e. The zero-order valence-electron chi connectivity index (χ0n) is 20.4. The van der Waals surface area contributed by atoms with Gasteiger partial charge in [0.1, 0.15) is 11.6 Å². The monoisotopic (exact) mass is 522 g/mol. The van der Waals surface area contributed by atoms with E-state index in [1.54, 1.807) is 12.1 Å². The quantitative estimate of drug-likeness (QED) is 0.326. The van der Waals surface area contributed by atoms with Gasteiger partial charge in [-0.3, -0.25) is 4.79 Å². The number of nitrogens with zero attached hydrogens (tertiary/aromatic N) is 6. The summed E-state index contributed by atoms with van der Waals surface area (Å²) < 4.78 is 1.82. The van der Waals surface area contributed by atoms with Gasteiger partial charge in [0, 0.05) is 37.6 Å². The third-order valence-corrected chi connectivity index (χ3v) is 6.99. The van der Waals surface area contributed by atoms with Gasteiger partial charge in [-0.25, -0.2) is 14.6 Å². The van der Waals surface area contributed by atoms with Crippen LogP contribution in [-0.4, -0.2) is 56.7 Å². The Morgan fingerprint density at radius 1 is 1.00 bits per heavy atom. The van der Waals surface area contributed by atoms with Crippen LogP contribution in [0, 0.1) is 5.92 Å². The summed E-state index contributed by atoms with van der Waals surface area (Å²) in [4.78, 5) is 27.0. The first-order chi connectivity index (χ1) is 17.4. The average Bonchev–Trinajstić information content (AvgIpc) is 3.31. The van der Waals surface area contributed by atoms with Crippen molar-refractivity contribution in [2.45, 2.75) is 26.7 Å². The number of amides is 1. The number of fused-ring (bicyclic) bond motifs is 1. The number of benzene rings is 2. The molecule has 4 aromatic rings. The Hall–Kier alpha value is -3.16. The predicted molar refractivity (Wildman–Crippen MR) is 144 cm³/mol. The van der Waals surface area contributed by atoms with Gasteiger partial charge >= 0.3 is 0 Å². The molecule has 1 amide bonds. The lowest BCUT2D eigenvalue weighted by molar-refractivity contribution is 0.0747. The summed E-state index contributed by atoms with van der Waals surface area (Å²) in [5, 5.41) is 6.64. The number of halogens is 2. The van der Waals surface area contributed by atoms with Gasteiger partial charge in [-0.05, 0) is 42.7 Å². The summed E-state index contributed by atoms with van der Waals surface area (Å²) in [7, 11) is 0. The molecule has 5 rings (SSSR count). The molecular weight excluding hydrogens is 495 g/mol. The van der Waals surface area contributed by atoms with Crippen LogP contribution in [0.15, 0.2) is 54.7 Å². The molecule has 1 fully saturated rings. The highest BCUT2D eigenvalue weighted by atomic mass is 35.5. The number of anilines is 1. The minimum atomic E-state index is -0.0421. The molecule has 1 saturated heterocycles. The molecule has 9 heteroatoms. The second kappa shape index (κ2) is 10.4. The minimum absolute atomic E-state index is 0.0421. The van der Waals surface area contributed by atoms with Crippen LogP contribution < -0.4 is 4.90 Å². The number of carbonyl (C=O) groups excluding carboxylic acids is 1. The summed E-state index contributed by atoms with van der Waals surface area (Å²) in [6.45, 7) is 6.89. The molecule has 0 aliphatic carbocycles. The Labute approximate surface area is 220 Å². The molecule has 186 valence electrons. The highest BCUT2D eigenvalue weighted by molar-refractivity contribution is 6.33. The zero-order valence-corrected chi connectivity index (χ0v) is 21.9. The summed E-state index contributed by atoms with van der Waals surface area (Å²) in [6.07, 6.45) is 3.60. The van der Waals surface area contributed by atoms with Crippen molar-refractivity contribution in [3.8, 4) is 5.69 Å². The third-order valence-electron chi connectivity index (χ3n) is 6.42. The van der Waals surface area contributed by atoms with Crippen LogP contribution in [0.2, 0.25) is 10.0 Å². The van der Waals surface area contributed by atoms with Gasteiger partial charge < -0.3 is 9.80 Å². The first kappa shape index (κ1) is 24.5. The van der Waals surface area contributed by atoms with E-state index in [0.29, 0.717) is 47.7 Å². The van der Waals surface area contributed by atoms with E-state index < -0.39 is 0 Å². The molecule has 0 atom stereocenters. The third kappa shape index (κ3) is 5.04. The summed E-state index contributed by atoms with van der Waals surface area (Å²) in [6, 6.07) is 14.8. The molecule has 0 saturated carbocycles. The summed E-state index contributed by atoms with van der Waals surface area (Å²) >= 11 is 12.5. The van der Waals surface area contributed by atoms with Crippen molar-refractivity contribution in [1.82, 2.24) is 24.6 Å². The highest BCUT2D eigenvalue weighted by Crippen LogP contribution is 2.28. The zero-order chi connectivity index (χ0) is 25.2. The standard InChI is InChI=1S/C27H28Cl2N6O/c1-18(2)10-11-24-31-25(22-17-30-35(26(22)32-24)20-7-5-6-19(28)16-20)33-12-14-34(15-13-33)27(36)21-8-3-4-9-23(21)29/h3-9,16-18H,10-15H2,1-2H3. The Kier molecular flexibility index (Phi) is 7.12. The number of aryl methyl sites for hydroxylation is 1. The summed E-state index contributed by atoms with van der Waals surface area (Å²) in [5.41, 5.74) is 2.15. The van der Waals surface area contributed by atoms with Crippen molar-refractivity contribution in [1.29, 1.82) is 0 Å². The van der Waals surface area contributed by atoms with Crippen LogP contribution >= 0.6 is 23.2 Å². The first-order valence-electron chi connectivity index (χ1n) is 12.2. The lowest BCUT2D eigenvalue weighted by atomic mass is 10.1. The lowest BCUT2D eigenvalue weighted by Gasteiger charge is -2.35. The number of hydrogen-bond acceptors (Lipinski definition) is 5. The smallest absolute Gasteiger partial charge is 0.255 e. The summed E-state index contributed by atoms with van der Waals surface area (Å²) in [5.74, 6) is 2.16. The van der Waals surface area contributed by atoms with Gasteiger partial charge in [0.25, 0.3) is 5.91 Å². The van der Waals surface area contributed by atoms with E-state index in [1.807, 2.05) is 52.2 Å². The van der Waals surface area contributed by atoms with Crippen LogP contribution in [0.3, 0.4) is 0 Å². The Morgan fingerprint density at radius 2 is 1.78 bits per heavy atom. The maximum atomic E-state index is 13.0. The molecule has 0 unspecified atom stereocenters. The SMILES string of the molecule is CC(C)CCc1nc(N2CCN(C(=O)c3ccccc3Cl)CC2)c2cnn(-c3cccc(Cl)c3)c2n1. The van der Waals surface area contributed by atoms with Crippen molar-refractivity contribution < 1.29 is 4.79 Å². The molecule has 36 heavy (non-hydrogen) atoms. The fourth-order valence-corrected chi connectivity index (χ4v) is 4.83. The number of hydrogen-bond donors (Lipinski definition) is 0. The molecular formula is C27H28Cl2N6O. The van der Waals surface area contributed by atoms with E-state index in [4.69, 9.17) is 33.2 Å². The second-order valence-corrected chi connectivity index (χ2v) is 10.3. The van der Waals surface area contributed by atoms with Crippen molar-refractivity contribution in [2.24, 2.45) is 5.92 Å². The Morgan fingerprint density at radius 3 is 2.50 bits per heavy atom. The van der Waals surface area contributed by atoms with E-state index in [2.05, 4.69) is 23.8 Å². The molecule has 2 aromatic heterocycles. The molecule has 0 spiro atoms. The van der Waals surface area contributed by atoms with Gasteiger partial charge in [0.2, 0.25) is 0 Å². The molecule has 0 radical (unpaired) electrons. The molecule has 0 N–H and O–H groups in total. The van der Waals surface area contributed by atoms with E-state index in [0.717, 1.165) is 41.2 Å². The van der Waals surface area contributed by atoms with Crippen LogP contribution in [0.5, 0.6) is 0 Å². The fraction of sp³-hybridized carbons (Fsp3) is 0.333. The van der Waals surface area contributed by atoms with Crippen molar-refractivity contribution in [3.05, 3.63) is 76.2 Å². The molecule has 0 bridgehead atoms. The van der Waals surface area contributed by atoms with Crippen LogP contribution in [-0.2, 0) is 6.42 Å². The largest absolute Gasteiger partial charge is 0.352 e. The number of carbonyl (C=O) groups is 1. The Bertz CT molecular complexity index is 1390. The normalized spacial score (nSPS) is 14.1. The number of rotatable bonds is 6. The number of piperazine rings is 1. The van der Waals surface area contributed by atoms with Crippen molar-refractivity contribution >= 4 is 46.0 Å².